The summed E-state index contributed by atoms with van der Waals surface area (Å²) < 4.78 is 105. The van der Waals surface area contributed by atoms with Crippen LogP contribution >= 0.6 is 23.5 Å². The highest BCUT2D eigenvalue weighted by molar-refractivity contribution is 7.66. The number of aliphatic hydroxyl groups is 4. The summed E-state index contributed by atoms with van der Waals surface area (Å²) in [7, 11) is -17.3. The number of fused-ring (bicyclic) bond motifs is 2. The molecule has 0 spiro atoms. The van der Waals surface area contributed by atoms with Gasteiger partial charge in [-0.25, -0.2) is 18.5 Å². The number of nitrogens with one attached hydrogen (secondary N) is 1. The molecule has 25 heteroatoms. The summed E-state index contributed by atoms with van der Waals surface area (Å²) in [5.41, 5.74) is -0.696. The first-order valence-corrected chi connectivity index (χ1v) is 19.5. The lowest BCUT2D eigenvalue weighted by atomic mass is 10.0. The smallest absolute Gasteiger partial charge is 0.466 e. The Bertz CT molecular complexity index is 2180. The summed E-state index contributed by atoms with van der Waals surface area (Å²) in [5, 5.41) is 46.2. The number of phosphoric acid groups is 3. The van der Waals surface area contributed by atoms with Crippen LogP contribution in [-0.4, -0.2) is 82.8 Å². The van der Waals surface area contributed by atoms with E-state index in [1.165, 1.54) is 18.2 Å². The van der Waals surface area contributed by atoms with E-state index in [1.807, 2.05) is 0 Å². The fourth-order valence-corrected chi connectivity index (χ4v) is 8.89. The zero-order valence-corrected chi connectivity index (χ0v) is 29.5. The Labute approximate surface area is 300 Å². The molecular formula is C29H28F3N2O17P3. The van der Waals surface area contributed by atoms with Crippen LogP contribution in [0.25, 0.3) is 16.5 Å². The van der Waals surface area contributed by atoms with Gasteiger partial charge >= 0.3 is 35.7 Å². The van der Waals surface area contributed by atoms with Gasteiger partial charge < -0.3 is 44.6 Å². The van der Waals surface area contributed by atoms with Crippen LogP contribution in [-0.2, 0) is 53.6 Å². The Balaban J connectivity index is 1.09. The highest BCUT2D eigenvalue weighted by Gasteiger charge is 2.68. The molecule has 3 heterocycles. The van der Waals surface area contributed by atoms with Crippen LogP contribution in [0.5, 0.6) is 0 Å². The van der Waals surface area contributed by atoms with Gasteiger partial charge in [-0.1, -0.05) is 48.5 Å². The first-order valence-electron chi connectivity index (χ1n) is 15.1. The van der Waals surface area contributed by atoms with Gasteiger partial charge in [0.25, 0.3) is 11.6 Å². The van der Waals surface area contributed by atoms with Crippen LogP contribution in [0, 0.1) is 0 Å². The average molecular weight is 826 g/mol. The number of halogens is 3. The molecule has 3 aliphatic heterocycles. The third kappa shape index (κ3) is 8.48. The van der Waals surface area contributed by atoms with Crippen LogP contribution in [0.1, 0.15) is 16.7 Å². The number of urea groups is 1. The number of ether oxygens (including phenoxy) is 2. The first-order chi connectivity index (χ1) is 25.0. The van der Waals surface area contributed by atoms with E-state index in [9.17, 15) is 66.8 Å². The predicted octanol–water partition coefficient (Wildman–Crippen LogP) is 3.12. The fourth-order valence-electron chi connectivity index (χ4n) is 5.40. The Morgan fingerprint density at radius 3 is 2.19 bits per heavy atom. The van der Waals surface area contributed by atoms with E-state index >= 15 is 0 Å². The molecule has 0 saturated carbocycles. The van der Waals surface area contributed by atoms with Crippen LogP contribution in [0.2, 0.25) is 0 Å². The number of hydrogen-bond donors (Lipinski definition) is 8. The van der Waals surface area contributed by atoms with E-state index in [4.69, 9.17) is 9.47 Å². The summed E-state index contributed by atoms with van der Waals surface area (Å²) in [6, 6.07) is 14.6. The summed E-state index contributed by atoms with van der Waals surface area (Å²) in [6.45, 7) is -2.18. The number of amides is 2. The minimum absolute atomic E-state index is 0.0111. The molecule has 0 radical (unpaired) electrons. The molecule has 6 rings (SSSR count). The topological polar surface area (TPSA) is 281 Å². The van der Waals surface area contributed by atoms with Gasteiger partial charge in [0.1, 0.15) is 11.9 Å². The zero-order chi connectivity index (χ0) is 39.5. The standard InChI is InChI=1S/C29H28F3N2O17P3/c30-29(31,32)21-7-3-6-19(11-21)22-12-20-13-34(26(35)33-24(20)48-22)25-28(38,39)27(36,37)23(49-25)15-47-53(42,43)51-54(44,45)50-52(40,41)46-14-16-8-9-17-4-1-2-5-18(17)10-16/h1-13,23-25,36-39H,14-15H2,(H,33,35)(H,40,41)(H,42,43)(H,44,45). The van der Waals surface area contributed by atoms with Gasteiger partial charge in [0.05, 0.1) is 18.8 Å². The third-order valence-corrected chi connectivity index (χ3v) is 12.2. The number of phosphoric ester groups is 2. The van der Waals surface area contributed by atoms with Gasteiger partial charge in [-0.2, -0.15) is 21.8 Å². The zero-order valence-electron chi connectivity index (χ0n) is 26.8. The molecule has 3 aromatic rings. The van der Waals surface area contributed by atoms with Crippen molar-refractivity contribution in [1.82, 2.24) is 10.2 Å². The van der Waals surface area contributed by atoms with Crippen molar-refractivity contribution in [3.8, 4) is 0 Å². The Hall–Kier alpha value is -3.53. The maximum atomic E-state index is 13.2. The average Bonchev–Trinajstić information content (AvgIpc) is 3.55. The van der Waals surface area contributed by atoms with Crippen LogP contribution in [0.15, 0.2) is 84.6 Å². The molecule has 8 N–H and O–H groups in total. The van der Waals surface area contributed by atoms with Crippen LogP contribution < -0.4 is 5.32 Å². The predicted molar refractivity (Wildman–Crippen MR) is 172 cm³/mol. The van der Waals surface area contributed by atoms with Crippen molar-refractivity contribution in [1.29, 1.82) is 0 Å². The lowest BCUT2D eigenvalue weighted by molar-refractivity contribution is -0.354. The first kappa shape index (κ1) is 40.1. The number of benzene rings is 3. The van der Waals surface area contributed by atoms with E-state index in [0.717, 1.165) is 35.2 Å². The largest absolute Gasteiger partial charge is 0.490 e. The summed E-state index contributed by atoms with van der Waals surface area (Å²) in [4.78, 5) is 43.2. The number of hydrogen-bond acceptors (Lipinski definition) is 14. The molecule has 54 heavy (non-hydrogen) atoms. The normalized spacial score (nSPS) is 25.4. The Morgan fingerprint density at radius 2 is 1.50 bits per heavy atom. The molecule has 2 amide bonds. The van der Waals surface area contributed by atoms with Crippen molar-refractivity contribution in [3.05, 3.63) is 101 Å². The number of rotatable bonds is 12. The minimum atomic E-state index is -5.99. The lowest BCUT2D eigenvalue weighted by Crippen LogP contribution is -2.64. The molecule has 0 aromatic heterocycles. The van der Waals surface area contributed by atoms with Crippen molar-refractivity contribution in [2.45, 2.75) is 42.9 Å². The van der Waals surface area contributed by atoms with Crippen molar-refractivity contribution in [2.24, 2.45) is 0 Å². The minimum Gasteiger partial charge on any atom is -0.466 e. The van der Waals surface area contributed by atoms with E-state index in [2.05, 4.69) is 23.0 Å². The van der Waals surface area contributed by atoms with Gasteiger partial charge in [-0.15, -0.1) is 0 Å². The third-order valence-electron chi connectivity index (χ3n) is 7.99. The second kappa shape index (κ2) is 14.2. The molecule has 3 aromatic carbocycles. The molecule has 292 valence electrons. The molecular weight excluding hydrogens is 798 g/mol. The van der Waals surface area contributed by atoms with Gasteiger partial charge in [0.15, 0.2) is 6.23 Å². The van der Waals surface area contributed by atoms with Gasteiger partial charge in [0.2, 0.25) is 6.23 Å². The highest BCUT2D eigenvalue weighted by atomic mass is 31.3. The number of alkyl halides is 3. The molecule has 6 atom stereocenters. The van der Waals surface area contributed by atoms with Crippen LogP contribution in [0.3, 0.4) is 0 Å². The van der Waals surface area contributed by atoms with E-state index in [0.29, 0.717) is 10.5 Å². The maximum absolute atomic E-state index is 13.2. The van der Waals surface area contributed by atoms with Gasteiger partial charge in [0, 0.05) is 17.3 Å². The SMILES string of the molecule is O=C1NC2OC(c3cccc(C(F)(F)F)c3)=CC2=CN1C1OC(COP(=O)(O)OP(=O)(O)OP(=O)(O)OCc2ccc3ccccc3c2)C(O)(O)C1(O)O. The molecule has 3 aliphatic rings. The van der Waals surface area contributed by atoms with E-state index < -0.39 is 84.6 Å². The van der Waals surface area contributed by atoms with Gasteiger partial charge in [-0.3, -0.25) is 19.3 Å². The second-order valence-electron chi connectivity index (χ2n) is 11.8. The molecule has 1 saturated heterocycles. The van der Waals surface area contributed by atoms with Crippen LogP contribution in [0.4, 0.5) is 18.0 Å². The number of carbonyl (C=O) groups excluding carboxylic acids is 1. The van der Waals surface area contributed by atoms with Crippen molar-refractivity contribution < 1.29 is 93.9 Å². The fraction of sp³-hybridized carbons (Fsp3) is 0.276. The lowest BCUT2D eigenvalue weighted by Gasteiger charge is -2.37. The highest BCUT2D eigenvalue weighted by Crippen LogP contribution is 2.68. The molecule has 1 fully saturated rings. The summed E-state index contributed by atoms with van der Waals surface area (Å²) >= 11 is 0. The number of nitrogens with zero attached hydrogens (tertiary/aromatic N) is 1. The molecule has 0 bridgehead atoms. The van der Waals surface area contributed by atoms with Crippen molar-refractivity contribution in [3.63, 3.8) is 0 Å². The monoisotopic (exact) mass is 826 g/mol. The molecule has 19 nitrogen and oxygen atoms in total. The summed E-state index contributed by atoms with van der Waals surface area (Å²) in [6.07, 6.45) is -8.78. The molecule has 0 aliphatic carbocycles. The molecule has 6 unspecified atom stereocenters. The number of carbonyl (C=O) groups is 1. The van der Waals surface area contributed by atoms with Gasteiger partial charge in [-0.05, 0) is 40.6 Å². The van der Waals surface area contributed by atoms with Crippen molar-refractivity contribution >= 4 is 46.0 Å². The summed E-state index contributed by atoms with van der Waals surface area (Å²) in [5.74, 6) is -7.76. The second-order valence-corrected chi connectivity index (χ2v) is 16.5. The quantitative estimate of drug-likeness (QED) is 0.0962. The Kier molecular flexibility index (Phi) is 10.6. The Morgan fingerprint density at radius 1 is 0.833 bits per heavy atom. The van der Waals surface area contributed by atoms with Crippen molar-refractivity contribution in [2.75, 3.05) is 6.61 Å². The van der Waals surface area contributed by atoms with E-state index in [1.54, 1.807) is 36.4 Å². The maximum Gasteiger partial charge on any atom is 0.490 e. The van der Waals surface area contributed by atoms with E-state index in [-0.39, 0.29) is 16.9 Å².